The third-order valence-electron chi connectivity index (χ3n) is 3.13. The molecule has 15 heavy (non-hydrogen) atoms. The summed E-state index contributed by atoms with van der Waals surface area (Å²) < 4.78 is 0. The molecule has 0 saturated carbocycles. The van der Waals surface area contributed by atoms with Crippen LogP contribution in [0, 0.1) is 5.92 Å². The number of carbonyl (C=O) groups excluding carboxylic acids is 2. The Morgan fingerprint density at radius 3 is 2.60 bits per heavy atom. The fraction of sp³-hybridized carbons (Fsp3) is 0.800. The molecule has 5 nitrogen and oxygen atoms in total. The van der Waals surface area contributed by atoms with E-state index in [2.05, 4.69) is 10.6 Å². The van der Waals surface area contributed by atoms with Crippen LogP contribution in [0.2, 0.25) is 0 Å². The van der Waals surface area contributed by atoms with Crippen molar-refractivity contribution in [3.05, 3.63) is 0 Å². The Kier molecular flexibility index (Phi) is 3.20. The zero-order chi connectivity index (χ0) is 10.7. The summed E-state index contributed by atoms with van der Waals surface area (Å²) in [6, 6.07) is -0.228. The van der Waals surface area contributed by atoms with Crippen molar-refractivity contribution in [1.29, 1.82) is 0 Å². The summed E-state index contributed by atoms with van der Waals surface area (Å²) in [6.07, 6.45) is 3.38. The highest BCUT2D eigenvalue weighted by Crippen LogP contribution is 2.16. The van der Waals surface area contributed by atoms with Crippen LogP contribution < -0.4 is 10.6 Å². The highest BCUT2D eigenvalue weighted by molar-refractivity contribution is 6.01. The van der Waals surface area contributed by atoms with E-state index in [1.165, 1.54) is 12.8 Å². The molecule has 2 saturated heterocycles. The first-order valence-corrected chi connectivity index (χ1v) is 5.55. The number of amides is 3. The van der Waals surface area contributed by atoms with Gasteiger partial charge in [-0.25, -0.2) is 4.79 Å². The fourth-order valence-electron chi connectivity index (χ4n) is 2.17. The molecule has 0 unspecified atom stereocenters. The Morgan fingerprint density at radius 1 is 1.27 bits per heavy atom. The summed E-state index contributed by atoms with van der Waals surface area (Å²) in [5, 5.41) is 5.60. The smallest absolute Gasteiger partial charge is 0.317 e. The van der Waals surface area contributed by atoms with Crippen molar-refractivity contribution in [2.24, 2.45) is 5.92 Å². The Hall–Kier alpha value is -1.10. The maximum atomic E-state index is 11.2. The summed E-state index contributed by atoms with van der Waals surface area (Å²) in [5.41, 5.74) is 0. The van der Waals surface area contributed by atoms with Gasteiger partial charge >= 0.3 is 6.03 Å². The fourth-order valence-corrected chi connectivity index (χ4v) is 2.17. The van der Waals surface area contributed by atoms with Crippen LogP contribution in [-0.2, 0) is 4.79 Å². The predicted octanol–water partition coefficient (Wildman–Crippen LogP) is -0.0721. The first kappa shape index (κ1) is 10.4. The van der Waals surface area contributed by atoms with E-state index in [1.54, 1.807) is 4.90 Å². The molecule has 0 spiro atoms. The van der Waals surface area contributed by atoms with Crippen molar-refractivity contribution < 1.29 is 9.59 Å². The third-order valence-corrected chi connectivity index (χ3v) is 3.13. The molecule has 2 aliphatic rings. The van der Waals surface area contributed by atoms with Crippen molar-refractivity contribution in [2.75, 3.05) is 26.2 Å². The highest BCUT2D eigenvalue weighted by atomic mass is 16.2. The van der Waals surface area contributed by atoms with Crippen LogP contribution in [0.15, 0.2) is 0 Å². The van der Waals surface area contributed by atoms with E-state index in [4.69, 9.17) is 0 Å². The highest BCUT2D eigenvalue weighted by Gasteiger charge is 2.26. The maximum Gasteiger partial charge on any atom is 0.324 e. The Labute approximate surface area is 89.2 Å². The Morgan fingerprint density at radius 2 is 2.00 bits per heavy atom. The average molecular weight is 211 g/mol. The van der Waals surface area contributed by atoms with E-state index >= 15 is 0 Å². The van der Waals surface area contributed by atoms with Gasteiger partial charge in [-0.15, -0.1) is 0 Å². The maximum absolute atomic E-state index is 11.2. The van der Waals surface area contributed by atoms with Gasteiger partial charge in [0.1, 0.15) is 6.54 Å². The van der Waals surface area contributed by atoms with Gasteiger partial charge in [-0.05, 0) is 38.3 Å². The van der Waals surface area contributed by atoms with Crippen molar-refractivity contribution in [3.8, 4) is 0 Å². The summed E-state index contributed by atoms with van der Waals surface area (Å²) in [7, 11) is 0. The molecule has 0 aliphatic carbocycles. The lowest BCUT2D eigenvalue weighted by Gasteiger charge is -2.24. The van der Waals surface area contributed by atoms with E-state index in [-0.39, 0.29) is 18.5 Å². The number of urea groups is 1. The lowest BCUT2D eigenvalue weighted by atomic mass is 9.94. The second-order valence-corrected chi connectivity index (χ2v) is 4.26. The van der Waals surface area contributed by atoms with Gasteiger partial charge in [-0.1, -0.05) is 0 Å². The van der Waals surface area contributed by atoms with Crippen LogP contribution in [0.3, 0.4) is 0 Å². The minimum Gasteiger partial charge on any atom is -0.317 e. The number of hydrogen-bond acceptors (Lipinski definition) is 3. The van der Waals surface area contributed by atoms with Crippen molar-refractivity contribution in [1.82, 2.24) is 15.5 Å². The molecular formula is C10H17N3O2. The van der Waals surface area contributed by atoms with Gasteiger partial charge in [0, 0.05) is 6.54 Å². The zero-order valence-electron chi connectivity index (χ0n) is 8.79. The molecule has 0 aromatic rings. The molecule has 2 fully saturated rings. The number of nitrogens with one attached hydrogen (secondary N) is 2. The van der Waals surface area contributed by atoms with Gasteiger partial charge in [0.05, 0.1) is 0 Å². The number of piperidine rings is 1. The lowest BCUT2D eigenvalue weighted by Crippen LogP contribution is -2.33. The van der Waals surface area contributed by atoms with E-state index in [0.29, 0.717) is 12.5 Å². The summed E-state index contributed by atoms with van der Waals surface area (Å²) in [5.74, 6) is 0.528. The number of carbonyl (C=O) groups is 2. The number of nitrogens with zero attached hydrogens (tertiary/aromatic N) is 1. The van der Waals surface area contributed by atoms with Crippen LogP contribution in [0.25, 0.3) is 0 Å². The lowest BCUT2D eigenvalue weighted by molar-refractivity contribution is -0.118. The predicted molar refractivity (Wildman–Crippen MR) is 55.3 cm³/mol. The molecule has 0 radical (unpaired) electrons. The van der Waals surface area contributed by atoms with E-state index in [0.717, 1.165) is 19.5 Å². The summed E-state index contributed by atoms with van der Waals surface area (Å²) >= 11 is 0. The van der Waals surface area contributed by atoms with Gasteiger partial charge < -0.3 is 10.2 Å². The monoisotopic (exact) mass is 211 g/mol. The quantitative estimate of drug-likeness (QED) is 0.642. The molecule has 2 N–H and O–H groups in total. The average Bonchev–Trinajstić information content (AvgIpc) is 2.56. The molecule has 2 aliphatic heterocycles. The first-order valence-electron chi connectivity index (χ1n) is 5.55. The number of hydrogen-bond donors (Lipinski definition) is 2. The Bertz CT molecular complexity index is 261. The third kappa shape index (κ3) is 2.68. The van der Waals surface area contributed by atoms with Crippen LogP contribution in [0.1, 0.15) is 19.3 Å². The molecule has 0 bridgehead atoms. The van der Waals surface area contributed by atoms with Crippen molar-refractivity contribution in [3.63, 3.8) is 0 Å². The van der Waals surface area contributed by atoms with Gasteiger partial charge in [-0.3, -0.25) is 10.1 Å². The van der Waals surface area contributed by atoms with Crippen LogP contribution in [0.5, 0.6) is 0 Å². The van der Waals surface area contributed by atoms with Gasteiger partial charge in [0.2, 0.25) is 5.91 Å². The van der Waals surface area contributed by atoms with Gasteiger partial charge in [0.25, 0.3) is 0 Å². The minimum atomic E-state index is -0.228. The van der Waals surface area contributed by atoms with Gasteiger partial charge in [-0.2, -0.15) is 0 Å². The second-order valence-electron chi connectivity index (χ2n) is 4.26. The van der Waals surface area contributed by atoms with E-state index in [1.807, 2.05) is 0 Å². The van der Waals surface area contributed by atoms with E-state index in [9.17, 15) is 9.59 Å². The molecule has 3 amide bonds. The molecule has 5 heteroatoms. The molecule has 0 aromatic carbocycles. The second kappa shape index (κ2) is 4.61. The Balaban J connectivity index is 1.73. The topological polar surface area (TPSA) is 61.4 Å². The summed E-state index contributed by atoms with van der Waals surface area (Å²) in [6.45, 7) is 3.11. The summed E-state index contributed by atoms with van der Waals surface area (Å²) in [4.78, 5) is 23.8. The standard InChI is InChI=1S/C10H17N3O2/c14-9-7-13(10(15)12-9)6-3-8-1-4-11-5-2-8/h8,11H,1-7H2,(H,12,14,15). The van der Waals surface area contributed by atoms with Crippen molar-refractivity contribution in [2.45, 2.75) is 19.3 Å². The SMILES string of the molecule is O=C1CN(CCC2CCNCC2)C(=O)N1. The number of rotatable bonds is 3. The molecule has 2 heterocycles. The normalized spacial score (nSPS) is 23.3. The zero-order valence-corrected chi connectivity index (χ0v) is 8.79. The molecule has 2 rings (SSSR count). The van der Waals surface area contributed by atoms with Gasteiger partial charge in [0.15, 0.2) is 0 Å². The number of imide groups is 1. The molecule has 84 valence electrons. The van der Waals surface area contributed by atoms with Crippen LogP contribution >= 0.6 is 0 Å². The molecular weight excluding hydrogens is 194 g/mol. The van der Waals surface area contributed by atoms with Crippen molar-refractivity contribution >= 4 is 11.9 Å². The largest absolute Gasteiger partial charge is 0.324 e. The minimum absolute atomic E-state index is 0.176. The van der Waals surface area contributed by atoms with E-state index < -0.39 is 0 Å². The van der Waals surface area contributed by atoms with Crippen LogP contribution in [0.4, 0.5) is 4.79 Å². The first-order chi connectivity index (χ1) is 7.25. The molecule has 0 aromatic heterocycles. The van der Waals surface area contributed by atoms with Crippen LogP contribution in [-0.4, -0.2) is 43.0 Å². The molecule has 0 atom stereocenters.